The van der Waals surface area contributed by atoms with E-state index in [9.17, 15) is 14.4 Å². The maximum absolute atomic E-state index is 13.2. The van der Waals surface area contributed by atoms with Crippen LogP contribution < -0.4 is 10.2 Å². The molecular weight excluding hydrogens is 354 g/mol. The van der Waals surface area contributed by atoms with Crippen molar-refractivity contribution in [2.75, 3.05) is 18.0 Å². The first kappa shape index (κ1) is 18.2. The third-order valence-corrected chi connectivity index (χ3v) is 5.17. The number of carbonyl (C=O) groups excluding carboxylic acids is 3. The Morgan fingerprint density at radius 1 is 1.00 bits per heavy atom. The zero-order valence-corrected chi connectivity index (χ0v) is 16.0. The van der Waals surface area contributed by atoms with Crippen LogP contribution in [0.5, 0.6) is 0 Å². The van der Waals surface area contributed by atoms with Gasteiger partial charge in [-0.15, -0.1) is 0 Å². The molecule has 144 valence electrons. The third kappa shape index (κ3) is 2.95. The van der Waals surface area contributed by atoms with E-state index in [1.54, 1.807) is 34.1 Å². The van der Waals surface area contributed by atoms with E-state index in [0.29, 0.717) is 29.3 Å². The maximum Gasteiger partial charge on any atom is 0.260 e. The quantitative estimate of drug-likeness (QED) is 0.871. The van der Waals surface area contributed by atoms with Crippen molar-refractivity contribution in [3.63, 3.8) is 0 Å². The SMILES string of the molecule is CC(C)CNC(=O)CCN1C(=O)c2ccccc2N2C(=O)c3ccccc3C12. The van der Waals surface area contributed by atoms with Gasteiger partial charge in [-0.2, -0.15) is 0 Å². The molecule has 4 rings (SSSR count). The lowest BCUT2D eigenvalue weighted by atomic mass is 10.0. The normalized spacial score (nSPS) is 17.5. The van der Waals surface area contributed by atoms with Gasteiger partial charge in [0.1, 0.15) is 6.17 Å². The Bertz CT molecular complexity index is 954. The molecule has 6 heteroatoms. The van der Waals surface area contributed by atoms with Gasteiger partial charge in [-0.1, -0.05) is 44.2 Å². The molecule has 2 aliphatic heterocycles. The van der Waals surface area contributed by atoms with Crippen LogP contribution in [-0.2, 0) is 4.79 Å². The molecule has 0 saturated carbocycles. The number of fused-ring (bicyclic) bond motifs is 5. The summed E-state index contributed by atoms with van der Waals surface area (Å²) in [5, 5.41) is 2.89. The molecule has 0 bridgehead atoms. The van der Waals surface area contributed by atoms with Gasteiger partial charge in [0.05, 0.1) is 11.3 Å². The Hall–Kier alpha value is -3.15. The summed E-state index contributed by atoms with van der Waals surface area (Å²) < 4.78 is 0. The van der Waals surface area contributed by atoms with E-state index in [0.717, 1.165) is 5.56 Å². The zero-order chi connectivity index (χ0) is 19.8. The number of para-hydroxylation sites is 1. The van der Waals surface area contributed by atoms with E-state index in [-0.39, 0.29) is 30.7 Å². The molecule has 6 nitrogen and oxygen atoms in total. The molecule has 0 aromatic heterocycles. The fourth-order valence-electron chi connectivity index (χ4n) is 3.83. The van der Waals surface area contributed by atoms with E-state index in [1.165, 1.54) is 0 Å². The molecule has 2 aromatic carbocycles. The van der Waals surface area contributed by atoms with Crippen LogP contribution in [0.2, 0.25) is 0 Å². The minimum atomic E-state index is -0.510. The summed E-state index contributed by atoms with van der Waals surface area (Å²) in [6, 6.07) is 14.5. The first-order valence-corrected chi connectivity index (χ1v) is 9.58. The number of hydrogen-bond donors (Lipinski definition) is 1. The van der Waals surface area contributed by atoms with Crippen molar-refractivity contribution in [2.24, 2.45) is 5.92 Å². The minimum Gasteiger partial charge on any atom is -0.356 e. The molecule has 2 aromatic rings. The lowest BCUT2D eigenvalue weighted by molar-refractivity contribution is -0.121. The van der Waals surface area contributed by atoms with E-state index in [4.69, 9.17) is 0 Å². The molecule has 2 aliphatic rings. The number of nitrogens with zero attached hydrogens (tertiary/aromatic N) is 2. The maximum atomic E-state index is 13.2. The number of amides is 3. The highest BCUT2D eigenvalue weighted by Gasteiger charge is 2.47. The highest BCUT2D eigenvalue weighted by molar-refractivity contribution is 6.16. The predicted octanol–water partition coefficient (Wildman–Crippen LogP) is 2.96. The Balaban J connectivity index is 1.67. The van der Waals surface area contributed by atoms with Crippen molar-refractivity contribution < 1.29 is 14.4 Å². The van der Waals surface area contributed by atoms with Gasteiger partial charge in [0.25, 0.3) is 11.8 Å². The zero-order valence-electron chi connectivity index (χ0n) is 16.0. The standard InChI is InChI=1S/C22H23N3O3/c1-14(2)13-23-19(26)11-12-24-20-15-7-3-4-8-16(15)22(28)25(20)18-10-6-5-9-17(18)21(24)27/h3-10,14,20H,11-13H2,1-2H3,(H,23,26). The van der Waals surface area contributed by atoms with Crippen LogP contribution in [0.15, 0.2) is 48.5 Å². The Kier molecular flexibility index (Phi) is 4.63. The highest BCUT2D eigenvalue weighted by atomic mass is 16.2. The first-order chi connectivity index (χ1) is 13.5. The second-order valence-corrected chi connectivity index (χ2v) is 7.60. The van der Waals surface area contributed by atoms with E-state index in [1.807, 2.05) is 38.1 Å². The van der Waals surface area contributed by atoms with Gasteiger partial charge in [-0.05, 0) is 24.1 Å². The monoisotopic (exact) mass is 377 g/mol. The highest BCUT2D eigenvalue weighted by Crippen LogP contribution is 2.45. The number of nitrogens with one attached hydrogen (secondary N) is 1. The number of hydrogen-bond acceptors (Lipinski definition) is 3. The van der Waals surface area contributed by atoms with Crippen LogP contribution in [0.4, 0.5) is 5.69 Å². The van der Waals surface area contributed by atoms with Crippen molar-refractivity contribution in [2.45, 2.75) is 26.4 Å². The second-order valence-electron chi connectivity index (χ2n) is 7.60. The minimum absolute atomic E-state index is 0.0930. The lowest BCUT2D eigenvalue weighted by Gasteiger charge is -2.40. The van der Waals surface area contributed by atoms with Crippen LogP contribution >= 0.6 is 0 Å². The summed E-state index contributed by atoms with van der Waals surface area (Å²) in [5.41, 5.74) is 2.52. The van der Waals surface area contributed by atoms with E-state index >= 15 is 0 Å². The average molecular weight is 377 g/mol. The fraction of sp³-hybridized carbons (Fsp3) is 0.318. The number of rotatable bonds is 5. The van der Waals surface area contributed by atoms with E-state index < -0.39 is 6.17 Å². The van der Waals surface area contributed by atoms with Crippen molar-refractivity contribution in [3.05, 3.63) is 65.2 Å². The van der Waals surface area contributed by atoms with Crippen LogP contribution in [-0.4, -0.2) is 35.7 Å². The molecule has 1 unspecified atom stereocenters. The Labute approximate surface area is 164 Å². The molecule has 2 heterocycles. The summed E-state index contributed by atoms with van der Waals surface area (Å²) >= 11 is 0. The molecule has 1 N–H and O–H groups in total. The molecule has 0 fully saturated rings. The molecular formula is C22H23N3O3. The smallest absolute Gasteiger partial charge is 0.260 e. The van der Waals surface area contributed by atoms with Crippen LogP contribution in [0.25, 0.3) is 0 Å². The topological polar surface area (TPSA) is 69.7 Å². The molecule has 0 saturated heterocycles. The van der Waals surface area contributed by atoms with Crippen LogP contribution in [0.3, 0.4) is 0 Å². The summed E-state index contributed by atoms with van der Waals surface area (Å²) in [6.45, 7) is 4.92. The van der Waals surface area contributed by atoms with Crippen molar-refractivity contribution >= 4 is 23.4 Å². The van der Waals surface area contributed by atoms with Gasteiger partial charge in [0, 0.05) is 30.6 Å². The average Bonchev–Trinajstić information content (AvgIpc) is 2.99. The van der Waals surface area contributed by atoms with Gasteiger partial charge >= 0.3 is 0 Å². The lowest BCUT2D eigenvalue weighted by Crippen LogP contribution is -2.49. The molecule has 3 amide bonds. The Morgan fingerprint density at radius 3 is 2.43 bits per heavy atom. The van der Waals surface area contributed by atoms with Crippen LogP contribution in [0, 0.1) is 5.92 Å². The molecule has 0 spiro atoms. The predicted molar refractivity (Wildman–Crippen MR) is 106 cm³/mol. The number of carbonyl (C=O) groups is 3. The first-order valence-electron chi connectivity index (χ1n) is 9.58. The van der Waals surface area contributed by atoms with Gasteiger partial charge in [0.15, 0.2) is 0 Å². The third-order valence-electron chi connectivity index (χ3n) is 5.17. The summed E-state index contributed by atoms with van der Waals surface area (Å²) in [7, 11) is 0. The van der Waals surface area contributed by atoms with Gasteiger partial charge in [-0.25, -0.2) is 0 Å². The van der Waals surface area contributed by atoms with Gasteiger partial charge in [0.2, 0.25) is 5.91 Å². The Morgan fingerprint density at radius 2 is 1.68 bits per heavy atom. The molecule has 0 radical (unpaired) electrons. The second kappa shape index (κ2) is 7.11. The summed E-state index contributed by atoms with van der Waals surface area (Å²) in [4.78, 5) is 41.8. The number of benzene rings is 2. The molecule has 1 atom stereocenters. The van der Waals surface area contributed by atoms with Gasteiger partial charge in [-0.3, -0.25) is 19.3 Å². The van der Waals surface area contributed by atoms with Crippen molar-refractivity contribution in [1.82, 2.24) is 10.2 Å². The van der Waals surface area contributed by atoms with Crippen LogP contribution in [0.1, 0.15) is 52.7 Å². The summed E-state index contributed by atoms with van der Waals surface area (Å²) in [6.07, 6.45) is -0.314. The van der Waals surface area contributed by atoms with Crippen molar-refractivity contribution in [3.8, 4) is 0 Å². The van der Waals surface area contributed by atoms with Gasteiger partial charge < -0.3 is 10.2 Å². The molecule has 28 heavy (non-hydrogen) atoms. The largest absolute Gasteiger partial charge is 0.356 e. The van der Waals surface area contributed by atoms with E-state index in [2.05, 4.69) is 5.32 Å². The summed E-state index contributed by atoms with van der Waals surface area (Å²) in [5.74, 6) is -0.000364. The molecule has 0 aliphatic carbocycles. The number of anilines is 1. The fourth-order valence-corrected chi connectivity index (χ4v) is 3.83. The van der Waals surface area contributed by atoms with Crippen molar-refractivity contribution in [1.29, 1.82) is 0 Å².